The molecule has 1 aliphatic heterocycles. The van der Waals surface area contributed by atoms with Crippen LogP contribution < -0.4 is 4.90 Å². The summed E-state index contributed by atoms with van der Waals surface area (Å²) in [5.74, 6) is 2.90. The van der Waals surface area contributed by atoms with Gasteiger partial charge in [0.1, 0.15) is 5.69 Å². The van der Waals surface area contributed by atoms with E-state index in [4.69, 9.17) is 6.42 Å². The van der Waals surface area contributed by atoms with E-state index in [1.807, 2.05) is 0 Å². The standard InChI is InChI=1S/C12H13N3O/c1-4-9-5-6-13-11(14-9)15-8-12(2,3)7-10(15)16/h1,5-6H,7-8H2,2-3H3. The topological polar surface area (TPSA) is 46.1 Å². The van der Waals surface area contributed by atoms with Gasteiger partial charge in [-0.15, -0.1) is 6.42 Å². The minimum absolute atomic E-state index is 0.0212. The van der Waals surface area contributed by atoms with Crippen molar-refractivity contribution in [1.29, 1.82) is 0 Å². The Hall–Kier alpha value is -1.89. The molecule has 4 nitrogen and oxygen atoms in total. The Bertz CT molecular complexity index is 473. The number of terminal acetylenes is 1. The molecular weight excluding hydrogens is 202 g/mol. The Balaban J connectivity index is 2.32. The van der Waals surface area contributed by atoms with Crippen LogP contribution in [0.3, 0.4) is 0 Å². The van der Waals surface area contributed by atoms with Crippen LogP contribution in [0, 0.1) is 17.8 Å². The molecule has 1 saturated heterocycles. The lowest BCUT2D eigenvalue weighted by Crippen LogP contribution is -2.28. The van der Waals surface area contributed by atoms with Crippen molar-refractivity contribution in [3.8, 4) is 12.3 Å². The summed E-state index contributed by atoms with van der Waals surface area (Å²) in [4.78, 5) is 21.6. The second kappa shape index (κ2) is 3.60. The molecule has 0 saturated carbocycles. The number of carbonyl (C=O) groups excluding carboxylic acids is 1. The van der Waals surface area contributed by atoms with Crippen LogP contribution in [-0.2, 0) is 4.79 Å². The first kappa shape index (κ1) is 10.6. The molecule has 0 aliphatic carbocycles. The smallest absolute Gasteiger partial charge is 0.233 e. The lowest BCUT2D eigenvalue weighted by molar-refractivity contribution is -0.117. The molecule has 2 heterocycles. The van der Waals surface area contributed by atoms with Gasteiger partial charge in [0.15, 0.2) is 0 Å². The highest BCUT2D eigenvalue weighted by molar-refractivity contribution is 5.94. The summed E-state index contributed by atoms with van der Waals surface area (Å²) in [5, 5.41) is 0. The van der Waals surface area contributed by atoms with Crippen molar-refractivity contribution in [2.45, 2.75) is 20.3 Å². The van der Waals surface area contributed by atoms with Crippen LogP contribution in [-0.4, -0.2) is 22.4 Å². The molecule has 1 aromatic heterocycles. The summed E-state index contributed by atoms with van der Waals surface area (Å²) >= 11 is 0. The van der Waals surface area contributed by atoms with Crippen molar-refractivity contribution in [1.82, 2.24) is 9.97 Å². The zero-order valence-corrected chi connectivity index (χ0v) is 9.40. The van der Waals surface area contributed by atoms with Crippen LogP contribution in [0.1, 0.15) is 26.0 Å². The van der Waals surface area contributed by atoms with Gasteiger partial charge in [0.05, 0.1) is 0 Å². The lowest BCUT2D eigenvalue weighted by Gasteiger charge is -2.17. The van der Waals surface area contributed by atoms with Gasteiger partial charge in [-0.3, -0.25) is 9.69 Å². The average molecular weight is 215 g/mol. The quantitative estimate of drug-likeness (QED) is 0.662. The van der Waals surface area contributed by atoms with Crippen molar-refractivity contribution in [2.75, 3.05) is 11.4 Å². The molecule has 1 amide bonds. The fourth-order valence-electron chi connectivity index (χ4n) is 1.82. The monoisotopic (exact) mass is 215 g/mol. The number of nitrogens with zero attached hydrogens (tertiary/aromatic N) is 3. The number of hydrogen-bond donors (Lipinski definition) is 0. The van der Waals surface area contributed by atoms with Gasteiger partial charge in [-0.1, -0.05) is 19.8 Å². The molecule has 4 heteroatoms. The van der Waals surface area contributed by atoms with Crippen LogP contribution in [0.4, 0.5) is 5.95 Å². The SMILES string of the molecule is C#Cc1ccnc(N2CC(C)(C)CC2=O)n1. The van der Waals surface area contributed by atoms with Gasteiger partial charge in [-0.25, -0.2) is 9.97 Å². The largest absolute Gasteiger partial charge is 0.280 e. The molecule has 0 radical (unpaired) electrons. The third-order valence-corrected chi connectivity index (χ3v) is 2.55. The van der Waals surface area contributed by atoms with Crippen LogP contribution in [0.2, 0.25) is 0 Å². The molecule has 1 fully saturated rings. The third kappa shape index (κ3) is 1.89. The summed E-state index contributed by atoms with van der Waals surface area (Å²) in [6, 6.07) is 1.65. The Kier molecular flexibility index (Phi) is 2.39. The maximum atomic E-state index is 11.8. The first-order chi connectivity index (χ1) is 7.52. The number of rotatable bonds is 1. The Labute approximate surface area is 94.7 Å². The predicted molar refractivity (Wildman–Crippen MR) is 60.7 cm³/mol. The van der Waals surface area contributed by atoms with E-state index < -0.39 is 0 Å². The average Bonchev–Trinajstić information content (AvgIpc) is 2.52. The van der Waals surface area contributed by atoms with E-state index >= 15 is 0 Å². The van der Waals surface area contributed by atoms with Crippen molar-refractivity contribution in [3.63, 3.8) is 0 Å². The third-order valence-electron chi connectivity index (χ3n) is 2.55. The van der Waals surface area contributed by atoms with E-state index in [0.29, 0.717) is 24.6 Å². The summed E-state index contributed by atoms with van der Waals surface area (Å²) in [7, 11) is 0. The summed E-state index contributed by atoms with van der Waals surface area (Å²) in [6.45, 7) is 4.74. The van der Waals surface area contributed by atoms with Crippen LogP contribution in [0.15, 0.2) is 12.3 Å². The summed E-state index contributed by atoms with van der Waals surface area (Å²) in [6.07, 6.45) is 7.37. The van der Waals surface area contributed by atoms with E-state index in [9.17, 15) is 4.79 Å². The number of carbonyl (C=O) groups is 1. The van der Waals surface area contributed by atoms with Crippen molar-refractivity contribution >= 4 is 11.9 Å². The summed E-state index contributed by atoms with van der Waals surface area (Å²) < 4.78 is 0. The molecular formula is C12H13N3O. The van der Waals surface area contributed by atoms with Crippen LogP contribution in [0.5, 0.6) is 0 Å². The Morgan fingerprint density at radius 3 is 2.88 bits per heavy atom. The predicted octanol–water partition coefficient (Wildman–Crippen LogP) is 1.22. The van der Waals surface area contributed by atoms with Crippen molar-refractivity contribution in [2.24, 2.45) is 5.41 Å². The molecule has 2 rings (SSSR count). The first-order valence-electron chi connectivity index (χ1n) is 5.12. The Morgan fingerprint density at radius 1 is 1.56 bits per heavy atom. The van der Waals surface area contributed by atoms with E-state index in [1.54, 1.807) is 17.2 Å². The lowest BCUT2D eigenvalue weighted by atomic mass is 9.93. The van der Waals surface area contributed by atoms with Crippen LogP contribution >= 0.6 is 0 Å². The van der Waals surface area contributed by atoms with Gasteiger partial charge in [0.25, 0.3) is 0 Å². The van der Waals surface area contributed by atoms with E-state index in [-0.39, 0.29) is 11.3 Å². The van der Waals surface area contributed by atoms with Gasteiger partial charge in [0.2, 0.25) is 11.9 Å². The molecule has 0 N–H and O–H groups in total. The molecule has 0 atom stereocenters. The van der Waals surface area contributed by atoms with E-state index in [0.717, 1.165) is 0 Å². The number of aromatic nitrogens is 2. The number of hydrogen-bond acceptors (Lipinski definition) is 3. The Morgan fingerprint density at radius 2 is 2.31 bits per heavy atom. The van der Waals surface area contributed by atoms with E-state index in [2.05, 4.69) is 29.7 Å². The highest BCUT2D eigenvalue weighted by Crippen LogP contribution is 2.31. The van der Waals surface area contributed by atoms with Gasteiger partial charge in [-0.05, 0) is 11.5 Å². The second-order valence-electron chi connectivity index (χ2n) is 4.71. The van der Waals surface area contributed by atoms with Gasteiger partial charge in [0, 0.05) is 19.2 Å². The molecule has 82 valence electrons. The fraction of sp³-hybridized carbons (Fsp3) is 0.417. The molecule has 1 aliphatic rings. The molecule has 0 unspecified atom stereocenters. The van der Waals surface area contributed by atoms with Gasteiger partial charge >= 0.3 is 0 Å². The minimum atomic E-state index is -0.0212. The summed E-state index contributed by atoms with van der Waals surface area (Å²) in [5.41, 5.74) is 0.481. The van der Waals surface area contributed by atoms with Gasteiger partial charge in [-0.2, -0.15) is 0 Å². The molecule has 16 heavy (non-hydrogen) atoms. The zero-order valence-electron chi connectivity index (χ0n) is 9.40. The number of anilines is 1. The highest BCUT2D eigenvalue weighted by Gasteiger charge is 2.37. The van der Waals surface area contributed by atoms with Gasteiger partial charge < -0.3 is 0 Å². The minimum Gasteiger partial charge on any atom is -0.280 e. The molecule has 0 bridgehead atoms. The normalized spacial score (nSPS) is 18.6. The number of amides is 1. The molecule has 1 aromatic rings. The fourth-order valence-corrected chi connectivity index (χ4v) is 1.82. The first-order valence-corrected chi connectivity index (χ1v) is 5.12. The van der Waals surface area contributed by atoms with Crippen molar-refractivity contribution < 1.29 is 4.79 Å². The van der Waals surface area contributed by atoms with Crippen molar-refractivity contribution in [3.05, 3.63) is 18.0 Å². The maximum absolute atomic E-state index is 11.8. The molecule has 0 aromatic carbocycles. The molecule has 0 spiro atoms. The highest BCUT2D eigenvalue weighted by atomic mass is 16.2. The second-order valence-corrected chi connectivity index (χ2v) is 4.71. The maximum Gasteiger partial charge on any atom is 0.233 e. The van der Waals surface area contributed by atoms with E-state index in [1.165, 1.54) is 0 Å². The zero-order chi connectivity index (χ0) is 11.8. The van der Waals surface area contributed by atoms with Crippen LogP contribution in [0.25, 0.3) is 0 Å².